The number of ether oxygens (including phenoxy) is 2. The van der Waals surface area contributed by atoms with Gasteiger partial charge in [0.15, 0.2) is 17.6 Å². The number of nitrogens with one attached hydrogen (secondary N) is 1. The number of benzene rings is 2. The van der Waals surface area contributed by atoms with Gasteiger partial charge in [-0.2, -0.15) is 0 Å². The van der Waals surface area contributed by atoms with E-state index in [1.54, 1.807) is 31.4 Å². The molecule has 4 nitrogen and oxygen atoms in total. The molecule has 0 radical (unpaired) electrons. The number of carbonyl (C=O) groups excluding carboxylic acids is 1. The van der Waals surface area contributed by atoms with Crippen LogP contribution in [0.4, 0.5) is 4.39 Å². The standard InChI is InChI=1S/C20H24FNO3/c1-3-17(25-19-9-5-4-8-18(19)24-2)20(23)22-14-6-7-15-10-12-16(21)13-11-15/h4-5,8-13,17H,3,6-7,14H2,1-2H3,(H,22,23)/t17-/m1/s1. The highest BCUT2D eigenvalue weighted by Gasteiger charge is 2.19. The van der Waals surface area contributed by atoms with Crippen molar-refractivity contribution < 1.29 is 18.7 Å². The van der Waals surface area contributed by atoms with Crippen LogP contribution in [0.1, 0.15) is 25.3 Å². The Morgan fingerprint density at radius 1 is 1.12 bits per heavy atom. The maximum Gasteiger partial charge on any atom is 0.261 e. The average Bonchev–Trinajstić information content (AvgIpc) is 2.64. The van der Waals surface area contributed by atoms with Gasteiger partial charge < -0.3 is 14.8 Å². The first-order valence-electron chi connectivity index (χ1n) is 8.46. The Bertz CT molecular complexity index is 673. The fourth-order valence-corrected chi connectivity index (χ4v) is 2.46. The first-order valence-corrected chi connectivity index (χ1v) is 8.46. The molecule has 0 bridgehead atoms. The fourth-order valence-electron chi connectivity index (χ4n) is 2.46. The summed E-state index contributed by atoms with van der Waals surface area (Å²) in [4.78, 5) is 12.3. The molecule has 0 spiro atoms. The van der Waals surface area contributed by atoms with E-state index in [0.717, 1.165) is 18.4 Å². The van der Waals surface area contributed by atoms with Gasteiger partial charge in [-0.25, -0.2) is 4.39 Å². The van der Waals surface area contributed by atoms with Crippen molar-refractivity contribution in [2.45, 2.75) is 32.3 Å². The molecule has 2 aromatic carbocycles. The lowest BCUT2D eigenvalue weighted by Gasteiger charge is -2.18. The molecule has 134 valence electrons. The van der Waals surface area contributed by atoms with Crippen LogP contribution in [0.3, 0.4) is 0 Å². The largest absolute Gasteiger partial charge is 0.493 e. The molecule has 1 atom stereocenters. The van der Waals surface area contributed by atoms with Crippen LogP contribution in [0.5, 0.6) is 11.5 Å². The predicted molar refractivity (Wildman–Crippen MR) is 95.4 cm³/mol. The van der Waals surface area contributed by atoms with Gasteiger partial charge in [-0.05, 0) is 49.1 Å². The molecular formula is C20H24FNO3. The van der Waals surface area contributed by atoms with Crippen molar-refractivity contribution in [1.82, 2.24) is 5.32 Å². The van der Waals surface area contributed by atoms with Crippen LogP contribution in [0.25, 0.3) is 0 Å². The van der Waals surface area contributed by atoms with E-state index < -0.39 is 6.10 Å². The van der Waals surface area contributed by atoms with Crippen LogP contribution in [-0.2, 0) is 11.2 Å². The molecule has 0 aliphatic heterocycles. The summed E-state index contributed by atoms with van der Waals surface area (Å²) in [6.45, 7) is 2.44. The Balaban J connectivity index is 1.80. The first-order chi connectivity index (χ1) is 12.1. The van der Waals surface area contributed by atoms with Gasteiger partial charge in [0.05, 0.1) is 7.11 Å². The number of rotatable bonds is 9. The Hall–Kier alpha value is -2.56. The molecule has 2 aromatic rings. The van der Waals surface area contributed by atoms with Gasteiger partial charge in [0.25, 0.3) is 5.91 Å². The third-order valence-electron chi connectivity index (χ3n) is 3.86. The number of hydrogen-bond acceptors (Lipinski definition) is 3. The van der Waals surface area contributed by atoms with E-state index >= 15 is 0 Å². The molecule has 0 fully saturated rings. The summed E-state index contributed by atoms with van der Waals surface area (Å²) >= 11 is 0. The van der Waals surface area contributed by atoms with Crippen molar-refractivity contribution in [3.05, 3.63) is 59.9 Å². The molecule has 0 aliphatic carbocycles. The summed E-state index contributed by atoms with van der Waals surface area (Å²) < 4.78 is 23.9. The summed E-state index contributed by atoms with van der Waals surface area (Å²) in [6, 6.07) is 13.7. The highest BCUT2D eigenvalue weighted by Crippen LogP contribution is 2.27. The van der Waals surface area contributed by atoms with Gasteiger partial charge in [-0.3, -0.25) is 4.79 Å². The second kappa shape index (κ2) is 9.67. The molecule has 0 unspecified atom stereocenters. The Labute approximate surface area is 148 Å². The van der Waals surface area contributed by atoms with Crippen molar-refractivity contribution in [3.63, 3.8) is 0 Å². The van der Waals surface area contributed by atoms with E-state index in [0.29, 0.717) is 24.5 Å². The summed E-state index contributed by atoms with van der Waals surface area (Å²) in [7, 11) is 1.57. The van der Waals surface area contributed by atoms with Crippen molar-refractivity contribution in [2.24, 2.45) is 0 Å². The minimum atomic E-state index is -0.567. The topological polar surface area (TPSA) is 47.6 Å². The van der Waals surface area contributed by atoms with Gasteiger partial charge in [0, 0.05) is 6.54 Å². The average molecular weight is 345 g/mol. The van der Waals surface area contributed by atoms with Crippen molar-refractivity contribution in [3.8, 4) is 11.5 Å². The van der Waals surface area contributed by atoms with E-state index in [9.17, 15) is 9.18 Å². The van der Waals surface area contributed by atoms with E-state index in [4.69, 9.17) is 9.47 Å². The number of para-hydroxylation sites is 2. The highest BCUT2D eigenvalue weighted by atomic mass is 19.1. The van der Waals surface area contributed by atoms with Gasteiger partial charge in [0.2, 0.25) is 0 Å². The molecule has 0 aliphatic rings. The lowest BCUT2D eigenvalue weighted by Crippen LogP contribution is -2.38. The first kappa shape index (κ1) is 18.8. The minimum absolute atomic E-state index is 0.146. The smallest absolute Gasteiger partial charge is 0.261 e. The molecule has 25 heavy (non-hydrogen) atoms. The maximum absolute atomic E-state index is 12.9. The quantitative estimate of drug-likeness (QED) is 0.704. The summed E-state index contributed by atoms with van der Waals surface area (Å²) in [5, 5.41) is 2.89. The van der Waals surface area contributed by atoms with Crippen LogP contribution in [0, 0.1) is 5.82 Å². The maximum atomic E-state index is 12.9. The molecule has 0 heterocycles. The lowest BCUT2D eigenvalue weighted by atomic mass is 10.1. The molecule has 0 saturated heterocycles. The zero-order valence-electron chi connectivity index (χ0n) is 14.6. The third kappa shape index (κ3) is 5.78. The molecule has 1 amide bonds. The zero-order chi connectivity index (χ0) is 18.1. The van der Waals surface area contributed by atoms with Crippen LogP contribution in [-0.4, -0.2) is 25.7 Å². The SMILES string of the molecule is CC[C@@H](Oc1ccccc1OC)C(=O)NCCCc1ccc(F)cc1. The zero-order valence-corrected chi connectivity index (χ0v) is 14.6. The van der Waals surface area contributed by atoms with Gasteiger partial charge in [-0.15, -0.1) is 0 Å². The van der Waals surface area contributed by atoms with Crippen molar-refractivity contribution in [1.29, 1.82) is 0 Å². The Morgan fingerprint density at radius 2 is 1.80 bits per heavy atom. The summed E-state index contributed by atoms with van der Waals surface area (Å²) in [5.74, 6) is 0.771. The Kier molecular flexibility index (Phi) is 7.26. The van der Waals surface area contributed by atoms with Gasteiger partial charge >= 0.3 is 0 Å². The lowest BCUT2D eigenvalue weighted by molar-refractivity contribution is -0.128. The van der Waals surface area contributed by atoms with E-state index in [1.807, 2.05) is 19.1 Å². The molecule has 1 N–H and O–H groups in total. The predicted octanol–water partition coefficient (Wildman–Crippen LogP) is 3.74. The van der Waals surface area contributed by atoms with Crippen LogP contribution in [0.15, 0.2) is 48.5 Å². The molecule has 2 rings (SSSR count). The van der Waals surface area contributed by atoms with Crippen molar-refractivity contribution in [2.75, 3.05) is 13.7 Å². The minimum Gasteiger partial charge on any atom is -0.493 e. The van der Waals surface area contributed by atoms with E-state index in [-0.39, 0.29) is 11.7 Å². The number of aryl methyl sites for hydroxylation is 1. The number of amides is 1. The highest BCUT2D eigenvalue weighted by molar-refractivity contribution is 5.81. The number of halogens is 1. The second-order valence-corrected chi connectivity index (χ2v) is 5.69. The number of carbonyl (C=O) groups is 1. The molecule has 0 aromatic heterocycles. The van der Waals surface area contributed by atoms with E-state index in [1.165, 1.54) is 12.1 Å². The molecule has 0 saturated carbocycles. The fraction of sp³-hybridized carbons (Fsp3) is 0.350. The Morgan fingerprint density at radius 3 is 2.44 bits per heavy atom. The third-order valence-corrected chi connectivity index (χ3v) is 3.86. The van der Waals surface area contributed by atoms with Gasteiger partial charge in [-0.1, -0.05) is 31.2 Å². The van der Waals surface area contributed by atoms with Gasteiger partial charge in [0.1, 0.15) is 5.82 Å². The number of hydrogen-bond donors (Lipinski definition) is 1. The summed E-state index contributed by atoms with van der Waals surface area (Å²) in [5.41, 5.74) is 1.05. The second-order valence-electron chi connectivity index (χ2n) is 5.69. The van der Waals surface area contributed by atoms with Crippen LogP contribution < -0.4 is 14.8 Å². The molecular weight excluding hydrogens is 321 g/mol. The normalized spacial score (nSPS) is 11.6. The van der Waals surface area contributed by atoms with Crippen LogP contribution >= 0.6 is 0 Å². The monoisotopic (exact) mass is 345 g/mol. The summed E-state index contributed by atoms with van der Waals surface area (Å²) in [6.07, 6.45) is 1.55. The van der Waals surface area contributed by atoms with Crippen LogP contribution in [0.2, 0.25) is 0 Å². The molecule has 5 heteroatoms. The van der Waals surface area contributed by atoms with Crippen molar-refractivity contribution >= 4 is 5.91 Å². The number of methoxy groups -OCH3 is 1. The van der Waals surface area contributed by atoms with E-state index in [2.05, 4.69) is 5.32 Å².